The lowest BCUT2D eigenvalue weighted by Gasteiger charge is -2.08. The van der Waals surface area contributed by atoms with Crippen LogP contribution in [0.5, 0.6) is 0 Å². The van der Waals surface area contributed by atoms with Gasteiger partial charge in [-0.1, -0.05) is 30.0 Å². The molecule has 2 aromatic heterocycles. The molecule has 0 aliphatic heterocycles. The molecule has 0 spiro atoms. The van der Waals surface area contributed by atoms with E-state index in [0.29, 0.717) is 16.4 Å². The van der Waals surface area contributed by atoms with Crippen molar-refractivity contribution in [2.45, 2.75) is 32.7 Å². The molecule has 3 aromatic rings. The molecule has 0 unspecified atom stereocenters. The lowest BCUT2D eigenvalue weighted by molar-refractivity contribution is -0.113. The molecule has 1 amide bonds. The summed E-state index contributed by atoms with van der Waals surface area (Å²) in [5.74, 6) is 0.233. The Morgan fingerprint density at radius 2 is 1.93 bits per heavy atom. The number of fused-ring (bicyclic) bond motifs is 1. The van der Waals surface area contributed by atoms with E-state index in [4.69, 9.17) is 4.74 Å². The Morgan fingerprint density at radius 3 is 2.68 bits per heavy atom. The minimum absolute atomic E-state index is 0.179. The molecule has 0 atom stereocenters. The predicted octanol–water partition coefficient (Wildman–Crippen LogP) is 4.52. The number of hydrogen-bond acceptors (Lipinski definition) is 7. The summed E-state index contributed by atoms with van der Waals surface area (Å²) in [5.41, 5.74) is 2.13. The highest BCUT2D eigenvalue weighted by molar-refractivity contribution is 8.00. The maximum absolute atomic E-state index is 12.5. The third kappa shape index (κ3) is 4.34. The second-order valence-electron chi connectivity index (χ2n) is 6.14. The van der Waals surface area contributed by atoms with Gasteiger partial charge in [0.1, 0.15) is 15.9 Å². The van der Waals surface area contributed by atoms with E-state index in [1.165, 1.54) is 23.1 Å². The Hall–Kier alpha value is -2.45. The first-order valence-electron chi connectivity index (χ1n) is 8.83. The van der Waals surface area contributed by atoms with Gasteiger partial charge in [0, 0.05) is 10.3 Å². The van der Waals surface area contributed by atoms with Crippen LogP contribution < -0.4 is 5.32 Å². The van der Waals surface area contributed by atoms with Crippen molar-refractivity contribution in [1.82, 2.24) is 9.97 Å². The summed E-state index contributed by atoms with van der Waals surface area (Å²) in [7, 11) is 0. The van der Waals surface area contributed by atoms with Crippen LogP contribution in [0, 0.1) is 20.8 Å². The molecule has 28 heavy (non-hydrogen) atoms. The molecule has 8 heteroatoms. The molecule has 146 valence electrons. The summed E-state index contributed by atoms with van der Waals surface area (Å²) in [6.07, 6.45) is 0. The number of nitrogens with zero attached hydrogens (tertiary/aromatic N) is 2. The number of carbonyl (C=O) groups excluding carboxylic acids is 2. The summed E-state index contributed by atoms with van der Waals surface area (Å²) in [6.45, 7) is 7.66. The second kappa shape index (κ2) is 8.70. The molecule has 0 aliphatic carbocycles. The molecule has 0 radical (unpaired) electrons. The first kappa shape index (κ1) is 20.3. The maximum atomic E-state index is 12.5. The molecule has 6 nitrogen and oxygen atoms in total. The van der Waals surface area contributed by atoms with Crippen molar-refractivity contribution in [1.29, 1.82) is 0 Å². The molecular formula is C20H21N3O3S2. The molecule has 0 saturated carbocycles. The number of benzene rings is 1. The van der Waals surface area contributed by atoms with Gasteiger partial charge in [-0.25, -0.2) is 14.8 Å². The van der Waals surface area contributed by atoms with Crippen LogP contribution in [0.25, 0.3) is 10.9 Å². The van der Waals surface area contributed by atoms with Gasteiger partial charge in [-0.05, 0) is 39.3 Å². The highest BCUT2D eigenvalue weighted by Gasteiger charge is 2.22. The number of aryl methyl sites for hydroxylation is 2. The summed E-state index contributed by atoms with van der Waals surface area (Å²) >= 11 is 2.73. The number of anilines is 1. The van der Waals surface area contributed by atoms with Crippen LogP contribution in [0.15, 0.2) is 29.3 Å². The van der Waals surface area contributed by atoms with Gasteiger partial charge in [0.05, 0.1) is 23.4 Å². The van der Waals surface area contributed by atoms with Crippen molar-refractivity contribution in [2.75, 3.05) is 17.7 Å². The van der Waals surface area contributed by atoms with Crippen molar-refractivity contribution >= 4 is 50.9 Å². The Balaban J connectivity index is 1.76. The number of thiophene rings is 1. The van der Waals surface area contributed by atoms with Crippen molar-refractivity contribution in [2.24, 2.45) is 0 Å². The standard InChI is InChI=1S/C20H21N3O3S2/c1-5-26-20(25)17-11(2)12(3)28-19(17)23-16(24)10-27-18-14-8-6-7-9-15(14)21-13(4)22-18/h6-9H,5,10H2,1-4H3,(H,23,24). The Morgan fingerprint density at radius 1 is 1.18 bits per heavy atom. The molecule has 3 rings (SSSR count). The van der Waals surface area contributed by atoms with Gasteiger partial charge >= 0.3 is 5.97 Å². The fourth-order valence-corrected chi connectivity index (χ4v) is 4.66. The maximum Gasteiger partial charge on any atom is 0.341 e. The third-order valence-corrected chi connectivity index (χ3v) is 6.25. The van der Waals surface area contributed by atoms with Crippen molar-refractivity contribution in [3.8, 4) is 0 Å². The number of ether oxygens (including phenoxy) is 1. The minimum atomic E-state index is -0.412. The Kier molecular flexibility index (Phi) is 6.31. The van der Waals surface area contributed by atoms with Crippen molar-refractivity contribution in [3.63, 3.8) is 0 Å². The van der Waals surface area contributed by atoms with Crippen LogP contribution in [0.2, 0.25) is 0 Å². The number of esters is 1. The highest BCUT2D eigenvalue weighted by Crippen LogP contribution is 2.33. The second-order valence-corrected chi connectivity index (χ2v) is 8.33. The Labute approximate surface area is 171 Å². The first-order chi connectivity index (χ1) is 13.4. The van der Waals surface area contributed by atoms with E-state index in [-0.39, 0.29) is 18.3 Å². The number of amides is 1. The van der Waals surface area contributed by atoms with E-state index in [2.05, 4.69) is 15.3 Å². The number of rotatable bonds is 6. The molecule has 2 heterocycles. The largest absolute Gasteiger partial charge is 0.462 e. The normalized spacial score (nSPS) is 10.9. The zero-order chi connectivity index (χ0) is 20.3. The van der Waals surface area contributed by atoms with E-state index in [1.54, 1.807) is 6.92 Å². The fraction of sp³-hybridized carbons (Fsp3) is 0.300. The molecular weight excluding hydrogens is 394 g/mol. The number of nitrogens with one attached hydrogen (secondary N) is 1. The smallest absolute Gasteiger partial charge is 0.341 e. The van der Waals surface area contributed by atoms with E-state index in [9.17, 15) is 9.59 Å². The van der Waals surface area contributed by atoms with Crippen LogP contribution in [0.1, 0.15) is 33.5 Å². The van der Waals surface area contributed by atoms with Crippen molar-refractivity contribution < 1.29 is 14.3 Å². The number of carbonyl (C=O) groups is 2. The average Bonchev–Trinajstić information content (AvgIpc) is 2.93. The molecule has 1 N–H and O–H groups in total. The average molecular weight is 416 g/mol. The van der Waals surface area contributed by atoms with E-state index in [0.717, 1.165) is 26.4 Å². The summed E-state index contributed by atoms with van der Waals surface area (Å²) < 4.78 is 5.13. The van der Waals surface area contributed by atoms with Gasteiger partial charge in [-0.2, -0.15) is 0 Å². The lowest BCUT2D eigenvalue weighted by atomic mass is 10.1. The molecule has 0 bridgehead atoms. The predicted molar refractivity (Wildman–Crippen MR) is 113 cm³/mol. The zero-order valence-electron chi connectivity index (χ0n) is 16.2. The third-order valence-electron chi connectivity index (χ3n) is 4.14. The van der Waals surface area contributed by atoms with Gasteiger partial charge in [-0.3, -0.25) is 4.79 Å². The number of thioether (sulfide) groups is 1. The van der Waals surface area contributed by atoms with E-state index < -0.39 is 5.97 Å². The summed E-state index contributed by atoms with van der Waals surface area (Å²) in [6, 6.07) is 7.72. The van der Waals surface area contributed by atoms with E-state index >= 15 is 0 Å². The zero-order valence-corrected chi connectivity index (χ0v) is 17.8. The Bertz CT molecular complexity index is 1050. The van der Waals surface area contributed by atoms with Gasteiger partial charge in [-0.15, -0.1) is 11.3 Å². The molecule has 1 aromatic carbocycles. The minimum Gasteiger partial charge on any atom is -0.462 e. The first-order valence-corrected chi connectivity index (χ1v) is 10.6. The number of aromatic nitrogens is 2. The summed E-state index contributed by atoms with van der Waals surface area (Å²) in [5, 5.41) is 5.07. The van der Waals surface area contributed by atoms with Gasteiger partial charge in [0.2, 0.25) is 5.91 Å². The molecule has 0 saturated heterocycles. The van der Waals surface area contributed by atoms with Crippen molar-refractivity contribution in [3.05, 3.63) is 46.1 Å². The molecule has 0 fully saturated rings. The van der Waals surface area contributed by atoms with Crippen LogP contribution >= 0.6 is 23.1 Å². The lowest BCUT2D eigenvalue weighted by Crippen LogP contribution is -2.16. The quantitative estimate of drug-likeness (QED) is 0.362. The van der Waals surface area contributed by atoms with Gasteiger partial charge in [0.25, 0.3) is 0 Å². The van der Waals surface area contributed by atoms with E-state index in [1.807, 2.05) is 45.0 Å². The SMILES string of the molecule is CCOC(=O)c1c(NC(=O)CSc2nc(C)nc3ccccc23)sc(C)c1C. The van der Waals surface area contributed by atoms with Crippen LogP contribution in [0.3, 0.4) is 0 Å². The topological polar surface area (TPSA) is 81.2 Å². The summed E-state index contributed by atoms with van der Waals surface area (Å²) in [4.78, 5) is 34.7. The molecule has 0 aliphatic rings. The highest BCUT2D eigenvalue weighted by atomic mass is 32.2. The van der Waals surface area contributed by atoms with Crippen LogP contribution in [0.4, 0.5) is 5.00 Å². The number of para-hydroxylation sites is 1. The number of hydrogen-bond donors (Lipinski definition) is 1. The van der Waals surface area contributed by atoms with Crippen LogP contribution in [-0.4, -0.2) is 34.2 Å². The van der Waals surface area contributed by atoms with Gasteiger partial charge in [0.15, 0.2) is 0 Å². The monoisotopic (exact) mass is 415 g/mol. The fourth-order valence-electron chi connectivity index (χ4n) is 2.73. The van der Waals surface area contributed by atoms with Gasteiger partial charge < -0.3 is 10.1 Å². The van der Waals surface area contributed by atoms with Crippen LogP contribution in [-0.2, 0) is 9.53 Å².